The molecule has 0 unspecified atom stereocenters. The van der Waals surface area contributed by atoms with Crippen molar-refractivity contribution in [3.05, 3.63) is 117 Å². The highest BCUT2D eigenvalue weighted by atomic mass is 19.1. The molecular formula is C29H27FN2O4. The number of imidazole rings is 1. The summed E-state index contributed by atoms with van der Waals surface area (Å²) in [7, 11) is 0. The molecule has 0 aliphatic rings. The summed E-state index contributed by atoms with van der Waals surface area (Å²) in [5.41, 5.74) is 3.14. The second-order valence-corrected chi connectivity index (χ2v) is 8.58. The van der Waals surface area contributed by atoms with Crippen molar-refractivity contribution in [1.82, 2.24) is 9.13 Å². The van der Waals surface area contributed by atoms with Crippen LogP contribution in [-0.4, -0.2) is 26.1 Å². The zero-order valence-corrected chi connectivity index (χ0v) is 20.0. The second kappa shape index (κ2) is 11.0. The van der Waals surface area contributed by atoms with Crippen molar-refractivity contribution < 1.29 is 19.1 Å². The van der Waals surface area contributed by atoms with Gasteiger partial charge in [-0.25, -0.2) is 18.5 Å². The molecule has 7 heteroatoms. The minimum absolute atomic E-state index is 0.00100. The second-order valence-electron chi connectivity index (χ2n) is 8.58. The van der Waals surface area contributed by atoms with Gasteiger partial charge in [-0.15, -0.1) is 0 Å². The minimum Gasteiger partial charge on any atom is -0.478 e. The maximum atomic E-state index is 14.2. The molecule has 3 aromatic carbocycles. The Labute approximate surface area is 208 Å². The van der Waals surface area contributed by atoms with E-state index in [1.165, 1.54) is 4.57 Å². The predicted octanol–water partition coefficient (Wildman–Crippen LogP) is 5.37. The summed E-state index contributed by atoms with van der Waals surface area (Å²) in [6.07, 6.45) is 1.15. The number of halogens is 1. The fraction of sp³-hybridized carbons (Fsp3) is 0.207. The lowest BCUT2D eigenvalue weighted by molar-refractivity contribution is 0.0697. The number of alkyl halides is 1. The smallest absolute Gasteiger partial charge is 0.336 e. The van der Waals surface area contributed by atoms with Gasteiger partial charge in [-0.3, -0.25) is 9.36 Å². The Morgan fingerprint density at radius 1 is 0.861 bits per heavy atom. The Balaban J connectivity index is 1.68. The monoisotopic (exact) mass is 486 g/mol. The zero-order valence-electron chi connectivity index (χ0n) is 20.0. The molecule has 6 nitrogen and oxygen atoms in total. The molecule has 0 amide bonds. The highest BCUT2D eigenvalue weighted by Gasteiger charge is 2.24. The molecule has 0 fully saturated rings. The molecule has 0 bridgehead atoms. The first-order valence-corrected chi connectivity index (χ1v) is 11.8. The summed E-state index contributed by atoms with van der Waals surface area (Å²) in [4.78, 5) is 38.0. The van der Waals surface area contributed by atoms with Crippen molar-refractivity contribution in [2.24, 2.45) is 0 Å². The summed E-state index contributed by atoms with van der Waals surface area (Å²) >= 11 is 0. The van der Waals surface area contributed by atoms with Gasteiger partial charge >= 0.3 is 11.7 Å². The van der Waals surface area contributed by atoms with E-state index in [2.05, 4.69) is 0 Å². The van der Waals surface area contributed by atoms with Gasteiger partial charge in [0.15, 0.2) is 0 Å². The zero-order chi connectivity index (χ0) is 25.7. The summed E-state index contributed by atoms with van der Waals surface area (Å²) in [5.74, 6) is -1.47. The van der Waals surface area contributed by atoms with Crippen LogP contribution < -0.4 is 5.69 Å². The Bertz CT molecular complexity index is 1440. The van der Waals surface area contributed by atoms with Crippen LogP contribution in [-0.2, 0) is 26.1 Å². The van der Waals surface area contributed by atoms with E-state index in [1.807, 2.05) is 37.3 Å². The number of carboxylic acids is 1. The molecule has 0 saturated heterocycles. The van der Waals surface area contributed by atoms with E-state index in [1.54, 1.807) is 48.5 Å². The molecule has 0 saturated carbocycles. The van der Waals surface area contributed by atoms with Gasteiger partial charge in [-0.1, -0.05) is 86.1 Å². The Morgan fingerprint density at radius 2 is 1.53 bits per heavy atom. The van der Waals surface area contributed by atoms with E-state index >= 15 is 0 Å². The lowest BCUT2D eigenvalue weighted by atomic mass is 9.99. The van der Waals surface area contributed by atoms with Crippen LogP contribution in [0.25, 0.3) is 11.1 Å². The number of hydrogen-bond acceptors (Lipinski definition) is 3. The van der Waals surface area contributed by atoms with Crippen LogP contribution in [0.1, 0.15) is 51.0 Å². The SMILES string of the molecule is CCCc1c(CF)n(C(=O)Cc2ccccc2)c(=O)n1Cc1ccc(-c2ccccc2C(=O)O)cc1. The van der Waals surface area contributed by atoms with Gasteiger partial charge in [0.2, 0.25) is 5.91 Å². The molecule has 0 aliphatic carbocycles. The van der Waals surface area contributed by atoms with Gasteiger partial charge in [0, 0.05) is 5.69 Å². The van der Waals surface area contributed by atoms with E-state index in [-0.39, 0.29) is 24.2 Å². The number of nitrogens with zero attached hydrogens (tertiary/aromatic N) is 2. The van der Waals surface area contributed by atoms with Crippen molar-refractivity contribution in [2.45, 2.75) is 39.4 Å². The Hall–Kier alpha value is -4.26. The number of aromatic nitrogens is 2. The number of carbonyl (C=O) groups excluding carboxylic acids is 1. The molecule has 4 aromatic rings. The van der Waals surface area contributed by atoms with Gasteiger partial charge < -0.3 is 5.11 Å². The first-order valence-electron chi connectivity index (χ1n) is 11.8. The number of aromatic carboxylic acids is 1. The molecule has 0 aliphatic heterocycles. The van der Waals surface area contributed by atoms with Crippen LogP contribution in [0, 0.1) is 0 Å². The van der Waals surface area contributed by atoms with Crippen molar-refractivity contribution in [1.29, 1.82) is 0 Å². The van der Waals surface area contributed by atoms with Crippen molar-refractivity contribution in [2.75, 3.05) is 0 Å². The van der Waals surface area contributed by atoms with Crippen LogP contribution in [0.5, 0.6) is 0 Å². The average Bonchev–Trinajstić information content (AvgIpc) is 3.15. The molecule has 36 heavy (non-hydrogen) atoms. The standard InChI is InChI=1S/C29H27FN2O4/c1-2-8-25-26(18-30)32(27(33)17-20-9-4-3-5-10-20)29(36)31(25)19-21-13-15-22(16-14-21)23-11-6-7-12-24(23)28(34)35/h3-7,9-16H,2,8,17-19H2,1H3,(H,34,35). The van der Waals surface area contributed by atoms with Crippen molar-refractivity contribution >= 4 is 11.9 Å². The molecule has 0 atom stereocenters. The minimum atomic E-state index is -1.01. The number of hydrogen-bond donors (Lipinski definition) is 1. The van der Waals surface area contributed by atoms with Crippen LogP contribution in [0.3, 0.4) is 0 Å². The highest BCUT2D eigenvalue weighted by molar-refractivity contribution is 5.96. The molecule has 0 spiro atoms. The first kappa shape index (κ1) is 24.9. The normalized spacial score (nSPS) is 10.9. The van der Waals surface area contributed by atoms with E-state index in [0.29, 0.717) is 24.1 Å². The van der Waals surface area contributed by atoms with Crippen molar-refractivity contribution in [3.63, 3.8) is 0 Å². The predicted molar refractivity (Wildman–Crippen MR) is 136 cm³/mol. The molecule has 1 N–H and O–H groups in total. The lowest BCUT2D eigenvalue weighted by Crippen LogP contribution is -2.31. The maximum absolute atomic E-state index is 14.2. The highest BCUT2D eigenvalue weighted by Crippen LogP contribution is 2.25. The van der Waals surface area contributed by atoms with Crippen LogP contribution in [0.4, 0.5) is 4.39 Å². The van der Waals surface area contributed by atoms with Crippen LogP contribution in [0.2, 0.25) is 0 Å². The Kier molecular flexibility index (Phi) is 7.59. The Morgan fingerprint density at radius 3 is 2.17 bits per heavy atom. The third kappa shape index (κ3) is 5.05. The lowest BCUT2D eigenvalue weighted by Gasteiger charge is -2.10. The van der Waals surface area contributed by atoms with E-state index in [4.69, 9.17) is 0 Å². The quantitative estimate of drug-likeness (QED) is 0.345. The average molecular weight is 487 g/mol. The number of rotatable bonds is 9. The maximum Gasteiger partial charge on any atom is 0.336 e. The number of benzene rings is 3. The number of carbonyl (C=O) groups is 2. The van der Waals surface area contributed by atoms with Gasteiger partial charge in [-0.2, -0.15) is 0 Å². The molecule has 1 aromatic heterocycles. The third-order valence-corrected chi connectivity index (χ3v) is 6.18. The fourth-order valence-corrected chi connectivity index (χ4v) is 4.45. The van der Waals surface area contributed by atoms with Crippen LogP contribution in [0.15, 0.2) is 83.7 Å². The number of carboxylic acid groups (broad SMARTS) is 1. The summed E-state index contributed by atoms with van der Waals surface area (Å²) in [6.45, 7) is 1.20. The summed E-state index contributed by atoms with van der Waals surface area (Å²) < 4.78 is 16.6. The summed E-state index contributed by atoms with van der Waals surface area (Å²) in [5, 5.41) is 9.48. The largest absolute Gasteiger partial charge is 0.478 e. The topological polar surface area (TPSA) is 81.3 Å². The molecule has 4 rings (SSSR count). The molecule has 1 heterocycles. The van der Waals surface area contributed by atoms with Gasteiger partial charge in [0.25, 0.3) is 0 Å². The van der Waals surface area contributed by atoms with E-state index in [9.17, 15) is 23.9 Å². The van der Waals surface area contributed by atoms with E-state index < -0.39 is 24.2 Å². The van der Waals surface area contributed by atoms with Crippen molar-refractivity contribution in [3.8, 4) is 11.1 Å². The van der Waals surface area contributed by atoms with Gasteiger partial charge in [0.1, 0.15) is 6.67 Å². The molecular weight excluding hydrogens is 459 g/mol. The first-order chi connectivity index (χ1) is 17.4. The molecule has 0 radical (unpaired) electrons. The van der Waals surface area contributed by atoms with E-state index in [0.717, 1.165) is 21.3 Å². The summed E-state index contributed by atoms with van der Waals surface area (Å²) in [6, 6.07) is 23.0. The van der Waals surface area contributed by atoms with Gasteiger partial charge in [0.05, 0.1) is 24.2 Å². The van der Waals surface area contributed by atoms with Gasteiger partial charge in [-0.05, 0) is 34.7 Å². The third-order valence-electron chi connectivity index (χ3n) is 6.18. The molecule has 184 valence electrons. The fourth-order valence-electron chi connectivity index (χ4n) is 4.45. The van der Waals surface area contributed by atoms with Crippen LogP contribution >= 0.6 is 0 Å².